The lowest BCUT2D eigenvalue weighted by atomic mass is 10.00. The molecule has 12 rings (SSSR count). The second-order valence-electron chi connectivity index (χ2n) is 12.9. The Labute approximate surface area is 292 Å². The minimum atomic E-state index is 0.656. The lowest BCUT2D eigenvalue weighted by molar-refractivity contribution is 0.670. The van der Waals surface area contributed by atoms with E-state index in [9.17, 15) is 0 Å². The molecule has 0 aliphatic rings. The predicted octanol–water partition coefficient (Wildman–Crippen LogP) is 13.0. The molecule has 0 unspecified atom stereocenters. The fourth-order valence-electron chi connectivity index (χ4n) is 8.17. The van der Waals surface area contributed by atoms with Crippen LogP contribution in [0.1, 0.15) is 0 Å². The van der Waals surface area contributed by atoms with Crippen molar-refractivity contribution in [1.29, 1.82) is 0 Å². The van der Waals surface area contributed by atoms with Gasteiger partial charge in [-0.1, -0.05) is 109 Å². The minimum absolute atomic E-state index is 0.656. The zero-order valence-corrected chi connectivity index (χ0v) is 28.0. The summed E-state index contributed by atoms with van der Waals surface area (Å²) in [6, 6.07) is 49.6. The fourth-order valence-corrected chi connectivity index (χ4v) is 10.5. The Balaban J connectivity index is 1.29. The topological polar surface area (TPSA) is 43.9 Å². The van der Waals surface area contributed by atoms with Gasteiger partial charge in [-0.3, -0.25) is 4.57 Å². The number of nitrogens with zero attached hydrogens (tertiary/aromatic N) is 3. The normalized spacial score (nSPS) is 12.4. The van der Waals surface area contributed by atoms with Crippen LogP contribution in [-0.4, -0.2) is 14.5 Å². The van der Waals surface area contributed by atoms with E-state index in [1.807, 2.05) is 23.5 Å². The standard InChI is InChI=1S/C44H23N3OS2/c1-2-14-26-25(13-1)36-29-16-5-9-22-34(29)49-42(36)38-28-15-3-7-20-32(28)47(40(26)38)44-45-39(37-30-17-6-10-23-35(30)50-43(37)46-44)31-19-11-18-27-24-12-4-8-21-33(24)48-41(27)31/h1-23H. The van der Waals surface area contributed by atoms with E-state index in [1.165, 1.54) is 46.4 Å². The molecule has 5 aromatic heterocycles. The Bertz CT molecular complexity index is 3400. The quantitative estimate of drug-likeness (QED) is 0.183. The first kappa shape index (κ1) is 26.8. The third-order valence-corrected chi connectivity index (χ3v) is 12.5. The van der Waals surface area contributed by atoms with Gasteiger partial charge in [-0.15, -0.1) is 22.7 Å². The van der Waals surface area contributed by atoms with Crippen molar-refractivity contribution in [3.63, 3.8) is 0 Å². The van der Waals surface area contributed by atoms with Gasteiger partial charge < -0.3 is 4.42 Å². The molecule has 0 N–H and O–H groups in total. The highest BCUT2D eigenvalue weighted by molar-refractivity contribution is 7.27. The summed E-state index contributed by atoms with van der Waals surface area (Å²) in [6.07, 6.45) is 0. The first-order valence-corrected chi connectivity index (χ1v) is 18.3. The van der Waals surface area contributed by atoms with Crippen LogP contribution in [0.2, 0.25) is 0 Å². The van der Waals surface area contributed by atoms with Crippen LogP contribution in [0.15, 0.2) is 144 Å². The van der Waals surface area contributed by atoms with Crippen LogP contribution < -0.4 is 0 Å². The van der Waals surface area contributed by atoms with Crippen LogP contribution in [-0.2, 0) is 0 Å². The van der Waals surface area contributed by atoms with Crippen molar-refractivity contribution < 1.29 is 4.42 Å². The Hall–Kier alpha value is -6.08. The van der Waals surface area contributed by atoms with E-state index in [-0.39, 0.29) is 0 Å². The molecule has 0 aliphatic heterocycles. The molecule has 50 heavy (non-hydrogen) atoms. The molecule has 5 heterocycles. The maximum Gasteiger partial charge on any atom is 0.236 e. The van der Waals surface area contributed by atoms with Crippen molar-refractivity contribution in [3.8, 4) is 17.2 Å². The van der Waals surface area contributed by atoms with Crippen LogP contribution in [0, 0.1) is 0 Å². The molecule has 6 heteroatoms. The van der Waals surface area contributed by atoms with Crippen molar-refractivity contribution in [2.24, 2.45) is 0 Å². The van der Waals surface area contributed by atoms with Gasteiger partial charge in [0.2, 0.25) is 5.95 Å². The van der Waals surface area contributed by atoms with Crippen LogP contribution in [0.5, 0.6) is 0 Å². The van der Waals surface area contributed by atoms with Gasteiger partial charge in [0.25, 0.3) is 0 Å². The average Bonchev–Trinajstić information content (AvgIpc) is 3.93. The van der Waals surface area contributed by atoms with Crippen LogP contribution in [0.3, 0.4) is 0 Å². The van der Waals surface area contributed by atoms with Crippen LogP contribution in [0.4, 0.5) is 0 Å². The Morgan fingerprint density at radius 2 is 1.12 bits per heavy atom. The van der Waals surface area contributed by atoms with Gasteiger partial charge in [0.05, 0.1) is 16.7 Å². The highest BCUT2D eigenvalue weighted by atomic mass is 32.1. The van der Waals surface area contributed by atoms with Crippen LogP contribution in [0.25, 0.3) is 112 Å². The number of fused-ring (bicyclic) bond motifs is 16. The third-order valence-electron chi connectivity index (χ3n) is 10.2. The molecule has 0 bridgehead atoms. The van der Waals surface area contributed by atoms with E-state index in [1.54, 1.807) is 11.3 Å². The summed E-state index contributed by atoms with van der Waals surface area (Å²) in [5.41, 5.74) is 5.78. The number of thiophene rings is 2. The molecule has 4 nitrogen and oxygen atoms in total. The van der Waals surface area contributed by atoms with Gasteiger partial charge in [0.1, 0.15) is 16.0 Å². The highest BCUT2D eigenvalue weighted by Gasteiger charge is 2.25. The lowest BCUT2D eigenvalue weighted by Gasteiger charge is -2.12. The fraction of sp³-hybridized carbons (Fsp3) is 0. The molecule has 0 amide bonds. The minimum Gasteiger partial charge on any atom is -0.455 e. The van der Waals surface area contributed by atoms with Crippen molar-refractivity contribution >= 4 is 118 Å². The maximum atomic E-state index is 6.62. The zero-order chi connectivity index (χ0) is 32.5. The lowest BCUT2D eigenvalue weighted by Crippen LogP contribution is -2.03. The molecule has 0 saturated carbocycles. The molecule has 0 aliphatic carbocycles. The summed E-state index contributed by atoms with van der Waals surface area (Å²) in [4.78, 5) is 12.0. The van der Waals surface area contributed by atoms with E-state index >= 15 is 0 Å². The summed E-state index contributed by atoms with van der Waals surface area (Å²) in [6.45, 7) is 0. The predicted molar refractivity (Wildman–Crippen MR) is 212 cm³/mol. The summed E-state index contributed by atoms with van der Waals surface area (Å²) in [5.74, 6) is 0.656. The number of hydrogen-bond donors (Lipinski definition) is 0. The largest absolute Gasteiger partial charge is 0.455 e. The Morgan fingerprint density at radius 1 is 0.480 bits per heavy atom. The van der Waals surface area contributed by atoms with Gasteiger partial charge in [-0.05, 0) is 35.7 Å². The number of furan rings is 1. The smallest absolute Gasteiger partial charge is 0.236 e. The maximum absolute atomic E-state index is 6.62. The van der Waals surface area contributed by atoms with Crippen LogP contribution >= 0.6 is 22.7 Å². The molecule has 0 spiro atoms. The molecule has 0 fully saturated rings. The molecular formula is C44H23N3OS2. The molecule has 0 saturated heterocycles. The Morgan fingerprint density at radius 3 is 1.96 bits per heavy atom. The summed E-state index contributed by atoms with van der Waals surface area (Å²) >= 11 is 3.59. The summed E-state index contributed by atoms with van der Waals surface area (Å²) < 4.78 is 12.7. The average molecular weight is 674 g/mol. The molecule has 7 aromatic carbocycles. The van der Waals surface area contributed by atoms with E-state index in [2.05, 4.69) is 132 Å². The molecular weight excluding hydrogens is 651 g/mol. The van der Waals surface area contributed by atoms with Crippen molar-refractivity contribution in [2.75, 3.05) is 0 Å². The third kappa shape index (κ3) is 3.44. The summed E-state index contributed by atoms with van der Waals surface area (Å²) in [7, 11) is 0. The monoisotopic (exact) mass is 673 g/mol. The van der Waals surface area contributed by atoms with Gasteiger partial charge in [-0.25, -0.2) is 9.97 Å². The van der Waals surface area contributed by atoms with Gasteiger partial charge in [0, 0.05) is 68.1 Å². The first-order valence-electron chi connectivity index (χ1n) is 16.7. The molecule has 0 atom stereocenters. The SMILES string of the molecule is c1ccc2c(c1)oc1c(-c3nc(-n4c5ccccc5c5c6sc7ccccc7c6c6ccccc6c54)nc4sc5ccccc5c34)cccc12. The number of rotatable bonds is 2. The van der Waals surface area contributed by atoms with Gasteiger partial charge >= 0.3 is 0 Å². The van der Waals surface area contributed by atoms with E-state index in [0.717, 1.165) is 59.8 Å². The summed E-state index contributed by atoms with van der Waals surface area (Å²) in [5, 5.41) is 11.9. The second kappa shape index (κ2) is 9.76. The molecule has 0 radical (unpaired) electrons. The highest BCUT2D eigenvalue weighted by Crippen LogP contribution is 2.49. The number of aromatic nitrogens is 3. The zero-order valence-electron chi connectivity index (χ0n) is 26.3. The van der Waals surface area contributed by atoms with E-state index in [4.69, 9.17) is 14.4 Å². The second-order valence-corrected chi connectivity index (χ2v) is 14.9. The molecule has 232 valence electrons. The van der Waals surface area contributed by atoms with E-state index < -0.39 is 0 Å². The molecule has 12 aromatic rings. The number of hydrogen-bond acceptors (Lipinski definition) is 5. The number of benzene rings is 7. The van der Waals surface area contributed by atoms with Crippen molar-refractivity contribution in [1.82, 2.24) is 14.5 Å². The van der Waals surface area contributed by atoms with Crippen molar-refractivity contribution in [3.05, 3.63) is 140 Å². The Kier molecular flexibility index (Phi) is 5.23. The van der Waals surface area contributed by atoms with Gasteiger partial charge in [0.15, 0.2) is 0 Å². The van der Waals surface area contributed by atoms with Crippen molar-refractivity contribution in [2.45, 2.75) is 0 Å². The van der Waals surface area contributed by atoms with Gasteiger partial charge in [-0.2, -0.15) is 0 Å². The first-order chi connectivity index (χ1) is 24.8. The number of para-hydroxylation sites is 3. The van der Waals surface area contributed by atoms with E-state index in [0.29, 0.717) is 5.95 Å².